The number of nitrogens with zero attached hydrogens (tertiary/aromatic N) is 1. The second-order valence-corrected chi connectivity index (χ2v) is 4.82. The molecule has 0 unspecified atom stereocenters. The van der Waals surface area contributed by atoms with Gasteiger partial charge in [0, 0.05) is 18.6 Å². The van der Waals surface area contributed by atoms with Gasteiger partial charge >= 0.3 is 7.25 Å². The normalized spacial score (nSPS) is 11.6. The molecule has 0 radical (unpaired) electrons. The third-order valence-corrected chi connectivity index (χ3v) is 2.40. The zero-order chi connectivity index (χ0) is 14.2. The summed E-state index contributed by atoms with van der Waals surface area (Å²) in [6, 6.07) is 5.63. The molecule has 0 saturated heterocycles. The van der Waals surface area contributed by atoms with Crippen LogP contribution in [0.1, 0.15) is 6.42 Å². The first kappa shape index (κ1) is 16.8. The Bertz CT molecular complexity index is 431. The first-order chi connectivity index (χ1) is 8.08. The van der Waals surface area contributed by atoms with Gasteiger partial charge in [0.2, 0.25) is 0 Å². The molecule has 0 aromatic carbocycles. The van der Waals surface area contributed by atoms with Gasteiger partial charge in [-0.2, -0.15) is 8.42 Å². The van der Waals surface area contributed by atoms with Crippen LogP contribution in [-0.4, -0.2) is 26.0 Å². The molecule has 0 aliphatic heterocycles. The van der Waals surface area contributed by atoms with E-state index in [0.29, 0.717) is 13.0 Å². The van der Waals surface area contributed by atoms with Crippen LogP contribution in [-0.2, 0) is 16.7 Å². The monoisotopic (exact) mass is 289 g/mol. The first-order valence-electron chi connectivity index (χ1n) is 4.84. The van der Waals surface area contributed by atoms with Crippen LogP contribution in [0.4, 0.5) is 17.3 Å². The van der Waals surface area contributed by atoms with E-state index < -0.39 is 17.4 Å². The fourth-order valence-electron chi connectivity index (χ4n) is 1.01. The molecule has 0 aliphatic carbocycles. The smallest absolute Gasteiger partial charge is 0.418 e. The summed E-state index contributed by atoms with van der Waals surface area (Å²) >= 11 is 0. The number of rotatable bonds is 4. The first-order valence-corrected chi connectivity index (χ1v) is 6.45. The van der Waals surface area contributed by atoms with E-state index in [0.717, 1.165) is 0 Å². The van der Waals surface area contributed by atoms with E-state index in [1.165, 1.54) is 0 Å². The van der Waals surface area contributed by atoms with Crippen LogP contribution in [0.25, 0.3) is 0 Å². The van der Waals surface area contributed by atoms with Gasteiger partial charge in [-0.15, -0.1) is 0 Å². The average molecular weight is 289 g/mol. The second kappa shape index (κ2) is 7.32. The summed E-state index contributed by atoms with van der Waals surface area (Å²) < 4.78 is 70.1. The summed E-state index contributed by atoms with van der Waals surface area (Å²) in [5, 5.41) is 0. The third kappa shape index (κ3) is 14.8. The minimum absolute atomic E-state index is 0.186. The number of halogens is 4. The maximum atomic E-state index is 10.4. The van der Waals surface area contributed by atoms with E-state index in [-0.39, 0.29) is 5.75 Å². The molecule has 1 aromatic rings. The maximum absolute atomic E-state index is 10.4. The van der Waals surface area contributed by atoms with Gasteiger partial charge in [-0.1, -0.05) is 6.07 Å². The highest BCUT2D eigenvalue weighted by Gasteiger charge is 2.20. The average Bonchev–Trinajstić information content (AvgIpc) is 2.14. The lowest BCUT2D eigenvalue weighted by Crippen LogP contribution is -2.33. The highest BCUT2D eigenvalue weighted by molar-refractivity contribution is 7.85. The molecule has 0 amide bonds. The summed E-state index contributed by atoms with van der Waals surface area (Å²) in [4.78, 5) is 0. The zero-order valence-electron chi connectivity index (χ0n) is 9.22. The zero-order valence-corrected chi connectivity index (χ0v) is 10.0. The van der Waals surface area contributed by atoms with Crippen molar-refractivity contribution in [3.63, 3.8) is 0 Å². The van der Waals surface area contributed by atoms with Gasteiger partial charge in [0.1, 0.15) is 6.54 Å². The molecular weight excluding hydrogens is 277 g/mol. The predicted octanol–water partition coefficient (Wildman–Crippen LogP) is 1.55. The van der Waals surface area contributed by atoms with Crippen molar-refractivity contribution >= 4 is 17.4 Å². The standard InChI is InChI=1S/C8H11NO3S.BF4/c10-13(11,12)8-4-7-9-5-2-1-3-6-9;2-1(3,4)5/h1-3,5-6H,4,7-8H2;/q;-1/p+1. The van der Waals surface area contributed by atoms with E-state index in [2.05, 4.69) is 0 Å². The second-order valence-electron chi connectivity index (χ2n) is 3.25. The van der Waals surface area contributed by atoms with Crippen LogP contribution in [0, 0.1) is 0 Å². The Kier molecular flexibility index (Phi) is 6.85. The fourth-order valence-corrected chi connectivity index (χ4v) is 1.51. The van der Waals surface area contributed by atoms with Crippen LogP contribution in [0.3, 0.4) is 0 Å². The number of aromatic nitrogens is 1. The summed E-state index contributed by atoms with van der Waals surface area (Å²) in [6.45, 7) is 0.598. The van der Waals surface area contributed by atoms with Crippen molar-refractivity contribution in [2.75, 3.05) is 5.75 Å². The van der Waals surface area contributed by atoms with Crippen LogP contribution in [0.5, 0.6) is 0 Å². The lowest BCUT2D eigenvalue weighted by Gasteiger charge is -1.94. The Morgan fingerprint density at radius 1 is 1.06 bits per heavy atom. The Morgan fingerprint density at radius 2 is 1.50 bits per heavy atom. The summed E-state index contributed by atoms with van der Waals surface area (Å²) in [5.74, 6) is -0.186. The van der Waals surface area contributed by atoms with Gasteiger partial charge in [-0.25, -0.2) is 4.57 Å². The topological polar surface area (TPSA) is 58.3 Å². The Labute approximate surface area is 102 Å². The number of aryl methyl sites for hydroxylation is 1. The molecule has 1 aromatic heterocycles. The SMILES string of the molecule is F[B-](F)(F)F.O=S(=O)(O)CCC[n+]1ccccc1. The van der Waals surface area contributed by atoms with E-state index in [1.54, 1.807) is 0 Å². The van der Waals surface area contributed by atoms with Crippen LogP contribution >= 0.6 is 0 Å². The van der Waals surface area contributed by atoms with Crippen molar-refractivity contribution in [1.29, 1.82) is 0 Å². The fraction of sp³-hybridized carbons (Fsp3) is 0.375. The van der Waals surface area contributed by atoms with Crippen molar-refractivity contribution in [3.8, 4) is 0 Å². The molecule has 10 heteroatoms. The summed E-state index contributed by atoms with van der Waals surface area (Å²) in [5.41, 5.74) is 0. The van der Waals surface area contributed by atoms with Crippen molar-refractivity contribution in [3.05, 3.63) is 30.6 Å². The van der Waals surface area contributed by atoms with E-state index >= 15 is 0 Å². The minimum Gasteiger partial charge on any atom is -0.418 e. The number of hydrogen-bond acceptors (Lipinski definition) is 2. The number of hydrogen-bond donors (Lipinski definition) is 1. The van der Waals surface area contributed by atoms with Crippen molar-refractivity contribution in [1.82, 2.24) is 0 Å². The molecule has 0 spiro atoms. The van der Waals surface area contributed by atoms with Crippen molar-refractivity contribution in [2.45, 2.75) is 13.0 Å². The van der Waals surface area contributed by atoms with Gasteiger partial charge in [0.15, 0.2) is 12.4 Å². The van der Waals surface area contributed by atoms with Crippen LogP contribution < -0.4 is 4.57 Å². The molecule has 4 nitrogen and oxygen atoms in total. The molecule has 0 bridgehead atoms. The molecule has 1 heterocycles. The van der Waals surface area contributed by atoms with Crippen molar-refractivity contribution < 1.29 is 34.8 Å². The lowest BCUT2D eigenvalue weighted by atomic mass is 10.3. The van der Waals surface area contributed by atoms with Gasteiger partial charge in [-0.3, -0.25) is 4.55 Å². The summed E-state index contributed by atoms with van der Waals surface area (Å²) in [7, 11) is -9.81. The molecule has 0 fully saturated rings. The Morgan fingerprint density at radius 3 is 1.89 bits per heavy atom. The van der Waals surface area contributed by atoms with E-state index in [9.17, 15) is 25.7 Å². The molecule has 0 atom stereocenters. The van der Waals surface area contributed by atoms with Gasteiger partial charge in [0.05, 0.1) is 5.75 Å². The Hall–Kier alpha value is -1.16. The van der Waals surface area contributed by atoms with Crippen LogP contribution in [0.15, 0.2) is 30.6 Å². The Balaban J connectivity index is 0.000000494. The largest absolute Gasteiger partial charge is 0.673 e. The summed E-state index contributed by atoms with van der Waals surface area (Å²) in [6.07, 6.45) is 4.13. The van der Waals surface area contributed by atoms with Crippen molar-refractivity contribution in [2.24, 2.45) is 0 Å². The highest BCUT2D eigenvalue weighted by Crippen LogP contribution is 2.06. The van der Waals surface area contributed by atoms with Gasteiger partial charge in [0.25, 0.3) is 10.1 Å². The molecule has 1 rings (SSSR count). The molecule has 104 valence electrons. The lowest BCUT2D eigenvalue weighted by molar-refractivity contribution is -0.696. The quantitative estimate of drug-likeness (QED) is 0.396. The number of pyridine rings is 1. The van der Waals surface area contributed by atoms with E-state index in [4.69, 9.17) is 4.55 Å². The van der Waals surface area contributed by atoms with Gasteiger partial charge in [-0.05, 0) is 0 Å². The van der Waals surface area contributed by atoms with Gasteiger partial charge < -0.3 is 17.3 Å². The molecular formula is C8H12BF4NO3S. The predicted molar refractivity (Wildman–Crippen MR) is 57.9 cm³/mol. The third-order valence-electron chi connectivity index (χ3n) is 1.60. The highest BCUT2D eigenvalue weighted by atomic mass is 32.2. The van der Waals surface area contributed by atoms with E-state index in [1.807, 2.05) is 35.2 Å². The van der Waals surface area contributed by atoms with Crippen LogP contribution in [0.2, 0.25) is 0 Å². The molecule has 18 heavy (non-hydrogen) atoms. The minimum atomic E-state index is -6.00. The molecule has 0 saturated carbocycles. The molecule has 1 N–H and O–H groups in total. The molecule has 0 aliphatic rings. The maximum Gasteiger partial charge on any atom is 0.673 e.